The maximum Gasteiger partial charge on any atom is 0.119 e. The molecule has 2 atom stereocenters. The molecule has 0 saturated carbocycles. The smallest absolute Gasteiger partial charge is 0.119 e. The summed E-state index contributed by atoms with van der Waals surface area (Å²) in [5, 5.41) is 3.57. The van der Waals surface area contributed by atoms with Gasteiger partial charge in [0.05, 0.1) is 7.11 Å². The zero-order valence-electron chi connectivity index (χ0n) is 10.0. The van der Waals surface area contributed by atoms with Crippen molar-refractivity contribution in [3.63, 3.8) is 0 Å². The number of piperidine rings is 1. The molecule has 2 bridgehead atoms. The van der Waals surface area contributed by atoms with Crippen LogP contribution in [0, 0.1) is 5.92 Å². The molecule has 1 saturated heterocycles. The van der Waals surface area contributed by atoms with Crippen molar-refractivity contribution in [2.24, 2.45) is 5.92 Å². The van der Waals surface area contributed by atoms with Gasteiger partial charge in [0, 0.05) is 12.0 Å². The van der Waals surface area contributed by atoms with Crippen molar-refractivity contribution in [2.75, 3.05) is 20.2 Å². The average molecular weight is 217 g/mol. The van der Waals surface area contributed by atoms with E-state index in [9.17, 15) is 0 Å². The van der Waals surface area contributed by atoms with Crippen LogP contribution in [0.15, 0.2) is 18.2 Å². The van der Waals surface area contributed by atoms with Crippen LogP contribution in [0.3, 0.4) is 0 Å². The largest absolute Gasteiger partial charge is 0.497 e. The van der Waals surface area contributed by atoms with Crippen LogP contribution in [-0.2, 0) is 11.8 Å². The molecule has 16 heavy (non-hydrogen) atoms. The summed E-state index contributed by atoms with van der Waals surface area (Å²) >= 11 is 0. The summed E-state index contributed by atoms with van der Waals surface area (Å²) < 4.78 is 5.32. The zero-order chi connectivity index (χ0) is 11.2. The fourth-order valence-corrected chi connectivity index (χ4v) is 3.45. The van der Waals surface area contributed by atoms with Crippen LogP contribution in [0.1, 0.15) is 24.5 Å². The van der Waals surface area contributed by atoms with Gasteiger partial charge in [0.1, 0.15) is 5.75 Å². The van der Waals surface area contributed by atoms with Crippen molar-refractivity contribution >= 4 is 0 Å². The number of ether oxygens (including phenoxy) is 1. The Morgan fingerprint density at radius 3 is 3.12 bits per heavy atom. The van der Waals surface area contributed by atoms with Crippen LogP contribution in [0.5, 0.6) is 5.75 Å². The number of fused-ring (bicyclic) bond motifs is 4. The molecule has 1 aromatic rings. The summed E-state index contributed by atoms with van der Waals surface area (Å²) in [5.74, 6) is 1.80. The second kappa shape index (κ2) is 3.49. The number of hydrogen-bond donors (Lipinski definition) is 1. The lowest BCUT2D eigenvalue weighted by Gasteiger charge is -2.44. The Kier molecular flexibility index (Phi) is 2.21. The van der Waals surface area contributed by atoms with Gasteiger partial charge in [0.2, 0.25) is 0 Å². The first-order valence-corrected chi connectivity index (χ1v) is 6.09. The molecular weight excluding hydrogens is 198 g/mol. The molecule has 0 unspecified atom stereocenters. The Bertz CT molecular complexity index is 415. The molecular formula is C14H19NO. The molecule has 2 heteroatoms. The van der Waals surface area contributed by atoms with Gasteiger partial charge in [-0.05, 0) is 48.6 Å². The molecule has 1 N–H and O–H groups in total. The molecule has 0 aromatic heterocycles. The molecule has 0 radical (unpaired) electrons. The number of benzene rings is 1. The molecule has 0 amide bonds. The van der Waals surface area contributed by atoms with E-state index in [1.54, 1.807) is 7.11 Å². The van der Waals surface area contributed by atoms with Crippen molar-refractivity contribution in [1.82, 2.24) is 5.32 Å². The van der Waals surface area contributed by atoms with Gasteiger partial charge in [-0.2, -0.15) is 0 Å². The topological polar surface area (TPSA) is 21.3 Å². The summed E-state index contributed by atoms with van der Waals surface area (Å²) in [4.78, 5) is 0. The normalized spacial score (nSPS) is 32.0. The van der Waals surface area contributed by atoms with Crippen molar-refractivity contribution in [2.45, 2.75) is 25.2 Å². The van der Waals surface area contributed by atoms with E-state index in [2.05, 4.69) is 30.4 Å². The third-order valence-corrected chi connectivity index (χ3v) is 4.16. The quantitative estimate of drug-likeness (QED) is 0.778. The van der Waals surface area contributed by atoms with Crippen LogP contribution < -0.4 is 10.1 Å². The van der Waals surface area contributed by atoms with Crippen molar-refractivity contribution < 1.29 is 4.74 Å². The van der Waals surface area contributed by atoms with Crippen LogP contribution in [0.25, 0.3) is 0 Å². The molecule has 1 aromatic carbocycles. The van der Waals surface area contributed by atoms with E-state index in [0.717, 1.165) is 18.2 Å². The minimum absolute atomic E-state index is 0.336. The third-order valence-electron chi connectivity index (χ3n) is 4.16. The minimum Gasteiger partial charge on any atom is -0.497 e. The van der Waals surface area contributed by atoms with E-state index < -0.39 is 0 Å². The fraction of sp³-hybridized carbons (Fsp3) is 0.571. The van der Waals surface area contributed by atoms with Crippen molar-refractivity contribution in [3.8, 4) is 5.75 Å². The number of rotatable bonds is 1. The Hall–Kier alpha value is -1.02. The van der Waals surface area contributed by atoms with Crippen LogP contribution in [0.4, 0.5) is 0 Å². The van der Waals surface area contributed by atoms with Crippen molar-refractivity contribution in [3.05, 3.63) is 29.3 Å². The van der Waals surface area contributed by atoms with E-state index in [1.165, 1.54) is 30.5 Å². The third kappa shape index (κ3) is 1.44. The highest BCUT2D eigenvalue weighted by molar-refractivity contribution is 5.43. The highest BCUT2D eigenvalue weighted by Gasteiger charge is 2.39. The van der Waals surface area contributed by atoms with Crippen LogP contribution in [-0.4, -0.2) is 20.2 Å². The lowest BCUT2D eigenvalue weighted by Crippen LogP contribution is -2.49. The molecule has 1 heterocycles. The van der Waals surface area contributed by atoms with Gasteiger partial charge in [-0.25, -0.2) is 0 Å². The van der Waals surface area contributed by atoms with Gasteiger partial charge < -0.3 is 10.1 Å². The first-order chi connectivity index (χ1) is 7.71. The maximum atomic E-state index is 5.32. The van der Waals surface area contributed by atoms with E-state index in [4.69, 9.17) is 4.74 Å². The van der Waals surface area contributed by atoms with E-state index >= 15 is 0 Å². The van der Waals surface area contributed by atoms with Gasteiger partial charge >= 0.3 is 0 Å². The number of hydrogen-bond acceptors (Lipinski definition) is 2. The number of methoxy groups -OCH3 is 1. The summed E-state index contributed by atoms with van der Waals surface area (Å²) in [6.45, 7) is 4.67. The second-order valence-corrected chi connectivity index (χ2v) is 5.49. The highest BCUT2D eigenvalue weighted by Crippen LogP contribution is 2.42. The summed E-state index contributed by atoms with van der Waals surface area (Å²) in [6, 6.07) is 6.58. The Labute approximate surface area is 97.0 Å². The fourth-order valence-electron chi connectivity index (χ4n) is 3.45. The predicted octanol–water partition coefficient (Wildman–Crippen LogP) is 2.12. The SMILES string of the molecule is COc1ccc2c(c1)C[C@H]1CNC[C@]2(C)C1. The Morgan fingerprint density at radius 1 is 1.44 bits per heavy atom. The van der Waals surface area contributed by atoms with Gasteiger partial charge in [-0.1, -0.05) is 13.0 Å². The van der Waals surface area contributed by atoms with Gasteiger partial charge in [-0.15, -0.1) is 0 Å². The van der Waals surface area contributed by atoms with Gasteiger partial charge in [0.15, 0.2) is 0 Å². The monoisotopic (exact) mass is 217 g/mol. The zero-order valence-corrected chi connectivity index (χ0v) is 10.0. The average Bonchev–Trinajstić information content (AvgIpc) is 2.28. The first kappa shape index (κ1) is 10.2. The molecule has 1 aliphatic heterocycles. The van der Waals surface area contributed by atoms with E-state index in [0.29, 0.717) is 5.41 Å². The minimum atomic E-state index is 0.336. The van der Waals surface area contributed by atoms with Crippen LogP contribution >= 0.6 is 0 Å². The van der Waals surface area contributed by atoms with Crippen molar-refractivity contribution in [1.29, 1.82) is 0 Å². The Morgan fingerprint density at radius 2 is 2.31 bits per heavy atom. The highest BCUT2D eigenvalue weighted by atomic mass is 16.5. The standard InChI is InChI=1S/C14H19NO/c1-14-7-10(8-15-9-14)5-11-6-12(16-2)3-4-13(11)14/h3-4,6,10,15H,5,7-9H2,1-2H3/t10-,14+/m1/s1. The second-order valence-electron chi connectivity index (χ2n) is 5.49. The predicted molar refractivity (Wildman–Crippen MR) is 65.0 cm³/mol. The summed E-state index contributed by atoms with van der Waals surface area (Å²) in [7, 11) is 1.74. The summed E-state index contributed by atoms with van der Waals surface area (Å²) in [6.07, 6.45) is 2.54. The summed E-state index contributed by atoms with van der Waals surface area (Å²) in [5.41, 5.74) is 3.36. The molecule has 0 spiro atoms. The molecule has 3 rings (SSSR count). The number of nitrogens with one attached hydrogen (secondary N) is 1. The first-order valence-electron chi connectivity index (χ1n) is 6.09. The molecule has 86 valence electrons. The lowest BCUT2D eigenvalue weighted by atomic mass is 9.65. The van der Waals surface area contributed by atoms with Crippen LogP contribution in [0.2, 0.25) is 0 Å². The van der Waals surface area contributed by atoms with Gasteiger partial charge in [-0.3, -0.25) is 0 Å². The molecule has 1 fully saturated rings. The lowest BCUT2D eigenvalue weighted by molar-refractivity contribution is 0.235. The van der Waals surface area contributed by atoms with E-state index in [1.807, 2.05) is 0 Å². The van der Waals surface area contributed by atoms with E-state index in [-0.39, 0.29) is 0 Å². The molecule has 2 aliphatic rings. The maximum absolute atomic E-state index is 5.32. The Balaban J connectivity index is 2.08. The van der Waals surface area contributed by atoms with Gasteiger partial charge in [0.25, 0.3) is 0 Å². The molecule has 2 nitrogen and oxygen atoms in total. The molecule has 1 aliphatic carbocycles.